The van der Waals surface area contributed by atoms with E-state index in [9.17, 15) is 30.3 Å². The molecule has 2 aliphatic heterocycles. The number of para-hydroxylation sites is 1. The summed E-state index contributed by atoms with van der Waals surface area (Å²) in [6.07, 6.45) is -12.8. The monoisotopic (exact) mass is 446 g/mol. The van der Waals surface area contributed by atoms with Gasteiger partial charge in [-0.2, -0.15) is 0 Å². The zero-order valence-electron chi connectivity index (χ0n) is 16.6. The third-order valence-corrected chi connectivity index (χ3v) is 5.13. The molecular formula is C19H26O12. The van der Waals surface area contributed by atoms with Crippen LogP contribution in [-0.2, 0) is 18.9 Å². The summed E-state index contributed by atoms with van der Waals surface area (Å²) in [5.74, 6) is -0.671. The van der Waals surface area contributed by atoms with Gasteiger partial charge in [0.2, 0.25) is 6.29 Å². The molecule has 31 heavy (non-hydrogen) atoms. The van der Waals surface area contributed by atoms with Crippen LogP contribution in [0, 0.1) is 0 Å². The number of benzene rings is 1. The van der Waals surface area contributed by atoms with E-state index >= 15 is 0 Å². The highest BCUT2D eigenvalue weighted by molar-refractivity contribution is 5.92. The third-order valence-electron chi connectivity index (χ3n) is 5.13. The van der Waals surface area contributed by atoms with E-state index in [2.05, 4.69) is 4.74 Å². The minimum absolute atomic E-state index is 0.0186. The van der Waals surface area contributed by atoms with E-state index in [0.717, 1.165) is 0 Å². The number of aliphatic hydroxyl groups is 6. The SMILES string of the molecule is COC(=O)c1ccccc1OC1OC(COC2OC(CO)C(O)C2O)C(O)C(O)C1O. The lowest BCUT2D eigenvalue weighted by molar-refractivity contribution is -0.290. The van der Waals surface area contributed by atoms with Crippen LogP contribution in [-0.4, -0.2) is 112 Å². The smallest absolute Gasteiger partial charge is 0.341 e. The summed E-state index contributed by atoms with van der Waals surface area (Å²) in [6.45, 7) is -0.961. The molecular weight excluding hydrogens is 420 g/mol. The van der Waals surface area contributed by atoms with Crippen molar-refractivity contribution >= 4 is 5.97 Å². The number of esters is 1. The van der Waals surface area contributed by atoms with Gasteiger partial charge in [-0.15, -0.1) is 0 Å². The lowest BCUT2D eigenvalue weighted by atomic mass is 9.99. The summed E-state index contributed by atoms with van der Waals surface area (Å²) in [5.41, 5.74) is 0.0562. The molecule has 0 saturated carbocycles. The predicted octanol–water partition coefficient (Wildman–Crippen LogP) is -2.88. The summed E-state index contributed by atoms with van der Waals surface area (Å²) in [7, 11) is 1.19. The van der Waals surface area contributed by atoms with Gasteiger partial charge in [-0.25, -0.2) is 4.79 Å². The van der Waals surface area contributed by atoms with Crippen molar-refractivity contribution in [1.29, 1.82) is 0 Å². The van der Waals surface area contributed by atoms with Crippen LogP contribution in [0.25, 0.3) is 0 Å². The second-order valence-electron chi connectivity index (χ2n) is 7.16. The van der Waals surface area contributed by atoms with Crippen LogP contribution >= 0.6 is 0 Å². The molecule has 2 saturated heterocycles. The molecule has 0 spiro atoms. The maximum Gasteiger partial charge on any atom is 0.341 e. The van der Waals surface area contributed by atoms with Crippen molar-refractivity contribution < 1.29 is 59.1 Å². The van der Waals surface area contributed by atoms with Crippen LogP contribution < -0.4 is 4.74 Å². The third kappa shape index (κ3) is 4.98. The lowest BCUT2D eigenvalue weighted by Crippen LogP contribution is -2.60. The Morgan fingerprint density at radius 1 is 0.903 bits per heavy atom. The van der Waals surface area contributed by atoms with Gasteiger partial charge in [0.1, 0.15) is 54.0 Å². The van der Waals surface area contributed by atoms with Crippen molar-refractivity contribution in [2.24, 2.45) is 0 Å². The van der Waals surface area contributed by atoms with Gasteiger partial charge in [-0.1, -0.05) is 12.1 Å². The second kappa shape index (κ2) is 10.2. The van der Waals surface area contributed by atoms with Gasteiger partial charge in [-0.3, -0.25) is 0 Å². The van der Waals surface area contributed by atoms with Crippen LogP contribution in [0.15, 0.2) is 24.3 Å². The Morgan fingerprint density at radius 2 is 1.52 bits per heavy atom. The molecule has 6 N–H and O–H groups in total. The summed E-state index contributed by atoms with van der Waals surface area (Å²) < 4.78 is 26.3. The highest BCUT2D eigenvalue weighted by atomic mass is 16.7. The number of carbonyl (C=O) groups excluding carboxylic acids is 1. The fourth-order valence-electron chi connectivity index (χ4n) is 3.32. The Morgan fingerprint density at radius 3 is 2.16 bits per heavy atom. The van der Waals surface area contributed by atoms with Crippen molar-refractivity contribution in [3.05, 3.63) is 29.8 Å². The van der Waals surface area contributed by atoms with Gasteiger partial charge in [0.25, 0.3) is 0 Å². The maximum atomic E-state index is 11.9. The molecule has 2 fully saturated rings. The van der Waals surface area contributed by atoms with E-state index in [1.165, 1.54) is 19.2 Å². The zero-order valence-corrected chi connectivity index (χ0v) is 16.6. The number of hydrogen-bond donors (Lipinski definition) is 6. The molecule has 2 heterocycles. The molecule has 174 valence electrons. The first-order chi connectivity index (χ1) is 14.8. The molecule has 1 aromatic carbocycles. The second-order valence-corrected chi connectivity index (χ2v) is 7.16. The fourth-order valence-corrected chi connectivity index (χ4v) is 3.32. The maximum absolute atomic E-state index is 11.9. The Bertz CT molecular complexity index is 744. The van der Waals surface area contributed by atoms with Crippen LogP contribution in [0.5, 0.6) is 5.75 Å². The first-order valence-corrected chi connectivity index (χ1v) is 9.56. The van der Waals surface area contributed by atoms with Crippen molar-refractivity contribution in [3.63, 3.8) is 0 Å². The van der Waals surface area contributed by atoms with Gasteiger partial charge in [0.05, 0.1) is 20.3 Å². The molecule has 0 amide bonds. The van der Waals surface area contributed by atoms with E-state index in [1.807, 2.05) is 0 Å². The van der Waals surface area contributed by atoms with Crippen molar-refractivity contribution in [3.8, 4) is 5.75 Å². The Kier molecular flexibility index (Phi) is 7.80. The Balaban J connectivity index is 1.68. The zero-order chi connectivity index (χ0) is 22.7. The van der Waals surface area contributed by atoms with Gasteiger partial charge < -0.3 is 54.3 Å². The number of ether oxygens (including phenoxy) is 5. The molecule has 2 aliphatic rings. The topological polar surface area (TPSA) is 185 Å². The molecule has 9 unspecified atom stereocenters. The van der Waals surface area contributed by atoms with Crippen molar-refractivity contribution in [1.82, 2.24) is 0 Å². The van der Waals surface area contributed by atoms with Gasteiger partial charge in [-0.05, 0) is 12.1 Å². The molecule has 0 bridgehead atoms. The molecule has 12 nitrogen and oxygen atoms in total. The van der Waals surface area contributed by atoms with Crippen molar-refractivity contribution in [2.75, 3.05) is 20.3 Å². The Labute approximate surface area is 177 Å². The fraction of sp³-hybridized carbons (Fsp3) is 0.632. The molecule has 0 aliphatic carbocycles. The molecule has 0 aromatic heterocycles. The van der Waals surface area contributed by atoms with Crippen LogP contribution in [0.3, 0.4) is 0 Å². The largest absolute Gasteiger partial charge is 0.465 e. The minimum atomic E-state index is -1.68. The average molecular weight is 446 g/mol. The standard InChI is InChI=1S/C19H26O12/c1-27-17(26)8-4-2-3-5-9(8)29-19-16(25)14(23)13(22)11(31-19)7-28-18-15(24)12(21)10(6-20)30-18/h2-5,10-16,18-25H,6-7H2,1H3. The summed E-state index contributed by atoms with van der Waals surface area (Å²) >= 11 is 0. The van der Waals surface area contributed by atoms with Crippen LogP contribution in [0.2, 0.25) is 0 Å². The first-order valence-electron chi connectivity index (χ1n) is 9.56. The van der Waals surface area contributed by atoms with Crippen LogP contribution in [0.4, 0.5) is 0 Å². The van der Waals surface area contributed by atoms with E-state index in [0.29, 0.717) is 0 Å². The van der Waals surface area contributed by atoms with Gasteiger partial charge >= 0.3 is 5.97 Å². The molecule has 12 heteroatoms. The number of rotatable bonds is 7. The predicted molar refractivity (Wildman–Crippen MR) is 98.8 cm³/mol. The van der Waals surface area contributed by atoms with E-state index < -0.39 is 74.5 Å². The lowest BCUT2D eigenvalue weighted by Gasteiger charge is -2.40. The highest BCUT2D eigenvalue weighted by Crippen LogP contribution is 2.28. The normalized spacial score (nSPS) is 38.1. The minimum Gasteiger partial charge on any atom is -0.465 e. The van der Waals surface area contributed by atoms with Gasteiger partial charge in [0, 0.05) is 0 Å². The quantitative estimate of drug-likeness (QED) is 0.235. The molecule has 1 aromatic rings. The number of aliphatic hydroxyl groups excluding tert-OH is 6. The summed E-state index contributed by atoms with van der Waals surface area (Å²) in [4.78, 5) is 11.9. The van der Waals surface area contributed by atoms with E-state index in [1.54, 1.807) is 12.1 Å². The number of carbonyl (C=O) groups is 1. The highest BCUT2D eigenvalue weighted by Gasteiger charge is 2.47. The van der Waals surface area contributed by atoms with Crippen molar-refractivity contribution in [2.45, 2.75) is 55.3 Å². The summed E-state index contributed by atoms with van der Waals surface area (Å²) in [5, 5.41) is 59.5. The average Bonchev–Trinajstić information content (AvgIpc) is 3.06. The number of hydrogen-bond acceptors (Lipinski definition) is 12. The van der Waals surface area contributed by atoms with Gasteiger partial charge in [0.15, 0.2) is 6.29 Å². The molecule has 9 atom stereocenters. The number of methoxy groups -OCH3 is 1. The van der Waals surface area contributed by atoms with E-state index in [4.69, 9.17) is 24.1 Å². The first kappa shape index (κ1) is 23.8. The molecule has 3 rings (SSSR count). The summed E-state index contributed by atoms with van der Waals surface area (Å²) in [6, 6.07) is 6.02. The molecule has 0 radical (unpaired) electrons. The van der Waals surface area contributed by atoms with E-state index in [-0.39, 0.29) is 11.3 Å². The van der Waals surface area contributed by atoms with Crippen LogP contribution in [0.1, 0.15) is 10.4 Å². The Hall–Kier alpha value is -1.87.